The molecule has 1 atom stereocenters. The van der Waals surface area contributed by atoms with Crippen molar-refractivity contribution in [3.8, 4) is 0 Å². The Balaban J connectivity index is 2.50. The first kappa shape index (κ1) is 11.9. The van der Waals surface area contributed by atoms with Gasteiger partial charge in [-0.2, -0.15) is 0 Å². The summed E-state index contributed by atoms with van der Waals surface area (Å²) < 4.78 is 0. The molecule has 1 nitrogen and oxygen atoms in total. The molecule has 0 heterocycles. The average Bonchev–Trinajstić information content (AvgIpc) is 2.27. The molecule has 1 fully saturated rings. The van der Waals surface area contributed by atoms with Crippen molar-refractivity contribution in [2.75, 3.05) is 6.26 Å². The van der Waals surface area contributed by atoms with E-state index in [1.807, 2.05) is 6.26 Å². The van der Waals surface area contributed by atoms with E-state index in [9.17, 15) is 5.11 Å². The molecule has 1 N–H and O–H groups in total. The monoisotopic (exact) mass is 212 g/mol. The average molecular weight is 212 g/mol. The van der Waals surface area contributed by atoms with Crippen LogP contribution < -0.4 is 0 Å². The van der Waals surface area contributed by atoms with Gasteiger partial charge in [-0.1, -0.05) is 32.4 Å². The predicted molar refractivity (Wildman–Crippen MR) is 64.4 cm³/mol. The van der Waals surface area contributed by atoms with Crippen LogP contribution in [-0.4, -0.2) is 17.5 Å². The van der Waals surface area contributed by atoms with E-state index in [-0.39, 0.29) is 6.10 Å². The predicted octanol–water partition coefficient (Wildman–Crippen LogP) is 3.36. The highest BCUT2D eigenvalue weighted by Crippen LogP contribution is 2.32. The molecular weight excluding hydrogens is 192 g/mol. The third-order valence-corrected chi connectivity index (χ3v) is 3.81. The highest BCUT2D eigenvalue weighted by molar-refractivity contribution is 8.02. The van der Waals surface area contributed by atoms with Crippen molar-refractivity contribution in [2.45, 2.75) is 38.2 Å². The Kier molecular flexibility index (Phi) is 4.76. The maximum Gasteiger partial charge on any atom is 0.0823 e. The van der Waals surface area contributed by atoms with Gasteiger partial charge < -0.3 is 5.11 Å². The third kappa shape index (κ3) is 2.89. The van der Waals surface area contributed by atoms with Crippen LogP contribution in [0.5, 0.6) is 0 Å². The van der Waals surface area contributed by atoms with Crippen molar-refractivity contribution in [3.63, 3.8) is 0 Å². The normalized spacial score (nSPS) is 20.4. The van der Waals surface area contributed by atoms with Crippen molar-refractivity contribution in [2.24, 2.45) is 5.92 Å². The van der Waals surface area contributed by atoms with Crippen LogP contribution in [0.4, 0.5) is 0 Å². The van der Waals surface area contributed by atoms with Crippen LogP contribution in [0.2, 0.25) is 0 Å². The van der Waals surface area contributed by atoms with Gasteiger partial charge in [0, 0.05) is 4.91 Å². The lowest BCUT2D eigenvalue weighted by molar-refractivity contribution is 0.118. The summed E-state index contributed by atoms with van der Waals surface area (Å²) in [5.41, 5.74) is 0.824. The molecule has 0 aliphatic heterocycles. The molecule has 0 aromatic carbocycles. The largest absolute Gasteiger partial charge is 0.388 e. The second-order valence-corrected chi connectivity index (χ2v) is 4.90. The minimum absolute atomic E-state index is 0.366. The summed E-state index contributed by atoms with van der Waals surface area (Å²) >= 11 is 1.57. The highest BCUT2D eigenvalue weighted by Gasteiger charge is 2.24. The molecule has 14 heavy (non-hydrogen) atoms. The maximum absolute atomic E-state index is 10.1. The fourth-order valence-electron chi connectivity index (χ4n) is 2.03. The molecule has 0 radical (unpaired) electrons. The number of thioether (sulfide) groups is 1. The van der Waals surface area contributed by atoms with Gasteiger partial charge in [-0.3, -0.25) is 0 Å². The summed E-state index contributed by atoms with van der Waals surface area (Å²) in [5.74, 6) is 0.417. The Morgan fingerprint density at radius 2 is 1.86 bits per heavy atom. The van der Waals surface area contributed by atoms with Crippen LogP contribution >= 0.6 is 11.8 Å². The van der Waals surface area contributed by atoms with Crippen LogP contribution in [0.1, 0.15) is 32.1 Å². The van der Waals surface area contributed by atoms with Crippen molar-refractivity contribution < 1.29 is 5.11 Å². The molecule has 0 spiro atoms. The van der Waals surface area contributed by atoms with Crippen molar-refractivity contribution in [3.05, 3.63) is 23.6 Å². The second kappa shape index (κ2) is 5.62. The first-order valence-corrected chi connectivity index (χ1v) is 6.49. The van der Waals surface area contributed by atoms with Gasteiger partial charge in [-0.05, 0) is 30.6 Å². The van der Waals surface area contributed by atoms with E-state index in [2.05, 4.69) is 13.2 Å². The molecule has 0 bridgehead atoms. The van der Waals surface area contributed by atoms with Gasteiger partial charge in [-0.25, -0.2) is 0 Å². The summed E-state index contributed by atoms with van der Waals surface area (Å²) in [6.07, 6.45) is 7.71. The third-order valence-electron chi connectivity index (χ3n) is 3.06. The van der Waals surface area contributed by atoms with E-state index in [0.29, 0.717) is 5.92 Å². The SMILES string of the molecule is C=C(SC)C(=C)C(O)C1CCCCC1. The van der Waals surface area contributed by atoms with E-state index < -0.39 is 0 Å². The Bertz CT molecular complexity index is 216. The minimum Gasteiger partial charge on any atom is -0.388 e. The van der Waals surface area contributed by atoms with Crippen LogP contribution in [0.25, 0.3) is 0 Å². The zero-order valence-electron chi connectivity index (χ0n) is 8.96. The van der Waals surface area contributed by atoms with Gasteiger partial charge in [0.1, 0.15) is 0 Å². The van der Waals surface area contributed by atoms with E-state index >= 15 is 0 Å². The summed E-state index contributed by atoms with van der Waals surface area (Å²) in [7, 11) is 0. The maximum atomic E-state index is 10.1. The molecule has 80 valence electrons. The second-order valence-electron chi connectivity index (χ2n) is 4.00. The zero-order valence-corrected chi connectivity index (χ0v) is 9.78. The van der Waals surface area contributed by atoms with Gasteiger partial charge in [0.25, 0.3) is 0 Å². The van der Waals surface area contributed by atoms with Crippen molar-refractivity contribution in [1.29, 1.82) is 0 Å². The lowest BCUT2D eigenvalue weighted by Crippen LogP contribution is -2.24. The molecule has 0 saturated heterocycles. The molecule has 1 rings (SSSR count). The molecule has 1 aliphatic carbocycles. The molecular formula is C12H20OS. The van der Waals surface area contributed by atoms with Crippen LogP contribution in [0.3, 0.4) is 0 Å². The number of hydrogen-bond acceptors (Lipinski definition) is 2. The summed E-state index contributed by atoms with van der Waals surface area (Å²) in [4.78, 5) is 0.920. The molecule has 0 amide bonds. The van der Waals surface area contributed by atoms with Crippen molar-refractivity contribution >= 4 is 11.8 Å². The summed E-state index contributed by atoms with van der Waals surface area (Å²) in [6, 6.07) is 0. The molecule has 1 aliphatic rings. The smallest absolute Gasteiger partial charge is 0.0823 e. The first-order chi connectivity index (χ1) is 6.66. The zero-order chi connectivity index (χ0) is 10.6. The number of aliphatic hydroxyl groups excluding tert-OH is 1. The molecule has 1 unspecified atom stereocenters. The van der Waals surface area contributed by atoms with E-state index in [4.69, 9.17) is 0 Å². The molecule has 2 heteroatoms. The number of aliphatic hydroxyl groups is 1. The summed E-state index contributed by atoms with van der Waals surface area (Å²) in [5, 5.41) is 10.1. The lowest BCUT2D eigenvalue weighted by Gasteiger charge is -2.28. The fourth-order valence-corrected chi connectivity index (χ4v) is 2.41. The van der Waals surface area contributed by atoms with E-state index in [1.165, 1.54) is 19.3 Å². The van der Waals surface area contributed by atoms with E-state index in [1.54, 1.807) is 11.8 Å². The quantitative estimate of drug-likeness (QED) is 0.721. The molecule has 0 aromatic rings. The summed E-state index contributed by atoms with van der Waals surface area (Å²) in [6.45, 7) is 7.82. The minimum atomic E-state index is -0.366. The fraction of sp³-hybridized carbons (Fsp3) is 0.667. The van der Waals surface area contributed by atoms with Gasteiger partial charge in [-0.15, -0.1) is 11.8 Å². The Labute approximate surface area is 91.3 Å². The lowest BCUT2D eigenvalue weighted by atomic mass is 9.83. The number of hydrogen-bond donors (Lipinski definition) is 1. The highest BCUT2D eigenvalue weighted by atomic mass is 32.2. The number of rotatable bonds is 4. The van der Waals surface area contributed by atoms with E-state index in [0.717, 1.165) is 23.3 Å². The van der Waals surface area contributed by atoms with Gasteiger partial charge in [0.15, 0.2) is 0 Å². The standard InChI is InChI=1S/C12H20OS/c1-9(10(2)14-3)12(13)11-7-5-4-6-8-11/h11-13H,1-2,4-8H2,3H3. The topological polar surface area (TPSA) is 20.2 Å². The van der Waals surface area contributed by atoms with Crippen LogP contribution in [-0.2, 0) is 0 Å². The van der Waals surface area contributed by atoms with Crippen molar-refractivity contribution in [1.82, 2.24) is 0 Å². The van der Waals surface area contributed by atoms with Gasteiger partial charge in [0.2, 0.25) is 0 Å². The molecule has 0 aromatic heterocycles. The Morgan fingerprint density at radius 1 is 1.29 bits per heavy atom. The van der Waals surface area contributed by atoms with Gasteiger partial charge in [0.05, 0.1) is 6.10 Å². The Morgan fingerprint density at radius 3 is 2.36 bits per heavy atom. The van der Waals surface area contributed by atoms with Gasteiger partial charge >= 0.3 is 0 Å². The van der Waals surface area contributed by atoms with Crippen LogP contribution in [0.15, 0.2) is 23.6 Å². The van der Waals surface area contributed by atoms with Crippen LogP contribution in [0, 0.1) is 5.92 Å². The first-order valence-electron chi connectivity index (χ1n) is 5.27. The molecule has 1 saturated carbocycles. The Hall–Kier alpha value is -0.210.